The third-order valence-electron chi connectivity index (χ3n) is 3.37. The third kappa shape index (κ3) is 3.79. The van der Waals surface area contributed by atoms with Gasteiger partial charge in [0.25, 0.3) is 0 Å². The van der Waals surface area contributed by atoms with Crippen molar-refractivity contribution in [3.05, 3.63) is 69.4 Å². The van der Waals surface area contributed by atoms with Gasteiger partial charge < -0.3 is 9.73 Å². The molecule has 1 aromatic heterocycles. The van der Waals surface area contributed by atoms with E-state index < -0.39 is 24.0 Å². The van der Waals surface area contributed by atoms with Gasteiger partial charge in [-0.3, -0.25) is 4.79 Å². The minimum absolute atomic E-state index is 0.0386. The summed E-state index contributed by atoms with van der Waals surface area (Å²) in [5.74, 6) is -1.91. The Balaban J connectivity index is 1.78. The first-order valence-corrected chi connectivity index (χ1v) is 7.67. The zero-order chi connectivity index (χ0) is 18.7. The van der Waals surface area contributed by atoms with E-state index in [1.165, 1.54) is 42.5 Å². The van der Waals surface area contributed by atoms with E-state index >= 15 is 0 Å². The van der Waals surface area contributed by atoms with Crippen molar-refractivity contribution in [2.45, 2.75) is 6.54 Å². The number of nitrogens with one attached hydrogen (secondary N) is 1. The van der Waals surface area contributed by atoms with E-state index in [0.717, 1.165) is 4.68 Å². The van der Waals surface area contributed by atoms with Crippen molar-refractivity contribution in [3.63, 3.8) is 0 Å². The normalized spacial score (nSPS) is 10.3. The molecule has 0 saturated heterocycles. The van der Waals surface area contributed by atoms with Crippen LogP contribution in [0.5, 0.6) is 0 Å². The Kier molecular flexibility index (Phi) is 4.82. The Hall–Kier alpha value is -3.44. The Labute approximate surface area is 151 Å². The average molecular weight is 373 g/mol. The Bertz CT molecular complexity index is 1070. The van der Waals surface area contributed by atoms with Crippen molar-refractivity contribution < 1.29 is 13.6 Å². The third-order valence-corrected chi connectivity index (χ3v) is 3.60. The number of nitrogens with zero attached hydrogens (tertiary/aromatic N) is 3. The van der Waals surface area contributed by atoms with E-state index in [9.17, 15) is 14.0 Å². The maximum Gasteiger partial charge on any atom is 0.437 e. The van der Waals surface area contributed by atoms with Gasteiger partial charge in [-0.25, -0.2) is 9.18 Å². The van der Waals surface area contributed by atoms with Gasteiger partial charge in [-0.05, 0) is 42.5 Å². The molecule has 7 nitrogen and oxygen atoms in total. The summed E-state index contributed by atoms with van der Waals surface area (Å²) < 4.78 is 18.8. The first-order valence-electron chi connectivity index (χ1n) is 7.29. The van der Waals surface area contributed by atoms with Crippen LogP contribution in [0.25, 0.3) is 11.5 Å². The lowest BCUT2D eigenvalue weighted by Crippen LogP contribution is -2.26. The first-order chi connectivity index (χ1) is 12.5. The van der Waals surface area contributed by atoms with Crippen LogP contribution >= 0.6 is 11.6 Å². The molecule has 9 heteroatoms. The molecule has 0 bridgehead atoms. The number of anilines is 1. The number of aromatic nitrogens is 2. The predicted octanol–water partition coefficient (Wildman–Crippen LogP) is 2.81. The first kappa shape index (κ1) is 17.4. The maximum absolute atomic E-state index is 13.0. The van der Waals surface area contributed by atoms with Gasteiger partial charge in [0, 0.05) is 10.6 Å². The van der Waals surface area contributed by atoms with Gasteiger partial charge in [0.2, 0.25) is 11.8 Å². The molecule has 1 amide bonds. The second-order valence-corrected chi connectivity index (χ2v) is 5.62. The van der Waals surface area contributed by atoms with Gasteiger partial charge in [0.1, 0.15) is 18.4 Å². The van der Waals surface area contributed by atoms with Gasteiger partial charge in [-0.15, -0.1) is 5.10 Å². The fourth-order valence-corrected chi connectivity index (χ4v) is 2.33. The molecule has 0 spiro atoms. The second kappa shape index (κ2) is 7.21. The number of nitriles is 1. The van der Waals surface area contributed by atoms with Crippen LogP contribution < -0.4 is 11.1 Å². The van der Waals surface area contributed by atoms with Crippen LogP contribution in [0.2, 0.25) is 5.02 Å². The largest absolute Gasteiger partial charge is 0.437 e. The zero-order valence-electron chi connectivity index (χ0n) is 13.1. The summed E-state index contributed by atoms with van der Waals surface area (Å²) in [5.41, 5.74) is 0.840. The van der Waals surface area contributed by atoms with Crippen LogP contribution in [0.15, 0.2) is 51.7 Å². The molecule has 0 aliphatic rings. The molecule has 0 radical (unpaired) electrons. The van der Waals surface area contributed by atoms with Crippen molar-refractivity contribution in [2.75, 3.05) is 5.32 Å². The van der Waals surface area contributed by atoms with E-state index in [2.05, 4.69) is 10.4 Å². The van der Waals surface area contributed by atoms with Crippen molar-refractivity contribution in [3.8, 4) is 17.5 Å². The van der Waals surface area contributed by atoms with Crippen LogP contribution in [0.1, 0.15) is 5.56 Å². The summed E-state index contributed by atoms with van der Waals surface area (Å²) in [7, 11) is 0. The lowest BCUT2D eigenvalue weighted by Gasteiger charge is -2.06. The van der Waals surface area contributed by atoms with Crippen molar-refractivity contribution in [1.82, 2.24) is 9.78 Å². The minimum atomic E-state index is -0.842. The summed E-state index contributed by atoms with van der Waals surface area (Å²) in [6.45, 7) is -0.430. The topological polar surface area (TPSA) is 101 Å². The fraction of sp³-hybridized carbons (Fsp3) is 0.0588. The van der Waals surface area contributed by atoms with E-state index in [1.807, 2.05) is 6.07 Å². The van der Waals surface area contributed by atoms with Gasteiger partial charge >= 0.3 is 5.76 Å². The highest BCUT2D eigenvalue weighted by Gasteiger charge is 2.14. The molecule has 26 heavy (non-hydrogen) atoms. The summed E-state index contributed by atoms with van der Waals surface area (Å²) in [4.78, 5) is 24.0. The van der Waals surface area contributed by atoms with Crippen LogP contribution in [0, 0.1) is 17.1 Å². The molecule has 0 atom stereocenters. The average Bonchev–Trinajstić information content (AvgIpc) is 2.96. The molecule has 0 aliphatic carbocycles. The molecule has 0 unspecified atom stereocenters. The number of halogens is 2. The number of amides is 1. The molecule has 2 aromatic carbocycles. The van der Waals surface area contributed by atoms with Gasteiger partial charge in [-0.1, -0.05) is 11.6 Å². The summed E-state index contributed by atoms with van der Waals surface area (Å²) in [6, 6.07) is 11.5. The lowest BCUT2D eigenvalue weighted by atomic mass is 10.2. The second-order valence-electron chi connectivity index (χ2n) is 5.19. The van der Waals surface area contributed by atoms with Crippen LogP contribution in [-0.4, -0.2) is 15.7 Å². The highest BCUT2D eigenvalue weighted by Crippen LogP contribution is 2.20. The number of carbonyl (C=O) groups is 1. The molecular weight excluding hydrogens is 363 g/mol. The number of hydrogen-bond donors (Lipinski definition) is 1. The van der Waals surface area contributed by atoms with Crippen molar-refractivity contribution in [2.24, 2.45) is 0 Å². The smallest absolute Gasteiger partial charge is 0.388 e. The lowest BCUT2D eigenvalue weighted by molar-refractivity contribution is -0.117. The number of benzene rings is 2. The maximum atomic E-state index is 13.0. The van der Waals surface area contributed by atoms with Crippen LogP contribution in [0.3, 0.4) is 0 Å². The van der Waals surface area contributed by atoms with E-state index in [0.29, 0.717) is 10.6 Å². The van der Waals surface area contributed by atoms with E-state index in [1.54, 1.807) is 0 Å². The minimum Gasteiger partial charge on any atom is -0.388 e. The summed E-state index contributed by atoms with van der Waals surface area (Å²) in [6.07, 6.45) is 0. The van der Waals surface area contributed by atoms with E-state index in [-0.39, 0.29) is 17.1 Å². The number of rotatable bonds is 4. The monoisotopic (exact) mass is 372 g/mol. The molecule has 0 saturated carbocycles. The summed E-state index contributed by atoms with van der Waals surface area (Å²) in [5, 5.41) is 15.8. The quantitative estimate of drug-likeness (QED) is 0.758. The molecule has 1 N–H and O–H groups in total. The van der Waals surface area contributed by atoms with Crippen LogP contribution in [0.4, 0.5) is 10.1 Å². The Morgan fingerprint density at radius 3 is 2.73 bits per heavy atom. The zero-order valence-corrected chi connectivity index (χ0v) is 13.8. The molecule has 130 valence electrons. The Morgan fingerprint density at radius 1 is 1.31 bits per heavy atom. The van der Waals surface area contributed by atoms with Gasteiger partial charge in [0.05, 0.1) is 11.3 Å². The fourth-order valence-electron chi connectivity index (χ4n) is 2.16. The SMILES string of the molecule is N#Cc1ccc(Cl)cc1NC(=O)Cn1nc(-c2ccc(F)cc2)oc1=O. The van der Waals surface area contributed by atoms with Crippen molar-refractivity contribution in [1.29, 1.82) is 5.26 Å². The van der Waals surface area contributed by atoms with Crippen molar-refractivity contribution >= 4 is 23.2 Å². The Morgan fingerprint density at radius 2 is 2.04 bits per heavy atom. The van der Waals surface area contributed by atoms with E-state index in [4.69, 9.17) is 21.3 Å². The van der Waals surface area contributed by atoms with Crippen LogP contribution in [-0.2, 0) is 11.3 Å². The molecule has 3 aromatic rings. The molecular formula is C17H10ClFN4O3. The standard InChI is InChI=1S/C17H10ClFN4O3/c18-12-4-1-11(8-20)14(7-12)21-15(24)9-23-17(25)26-16(22-23)10-2-5-13(19)6-3-10/h1-7H,9H2,(H,21,24). The highest BCUT2D eigenvalue weighted by atomic mass is 35.5. The van der Waals surface area contributed by atoms with Gasteiger partial charge in [-0.2, -0.15) is 9.94 Å². The molecule has 0 fully saturated rings. The predicted molar refractivity (Wildman–Crippen MR) is 91.0 cm³/mol. The molecule has 3 rings (SSSR count). The number of carbonyl (C=O) groups excluding carboxylic acids is 1. The number of hydrogen-bond acceptors (Lipinski definition) is 5. The summed E-state index contributed by atoms with van der Waals surface area (Å²) >= 11 is 5.85. The highest BCUT2D eigenvalue weighted by molar-refractivity contribution is 6.31. The van der Waals surface area contributed by atoms with Gasteiger partial charge in [0.15, 0.2) is 0 Å². The molecule has 1 heterocycles. The molecule has 0 aliphatic heterocycles.